The summed E-state index contributed by atoms with van der Waals surface area (Å²) in [5.41, 5.74) is -2.66. The van der Waals surface area contributed by atoms with E-state index in [0.29, 0.717) is 0 Å². The van der Waals surface area contributed by atoms with E-state index in [1.165, 1.54) is 44.4 Å². The quantitative estimate of drug-likeness (QED) is 0.777. The smallest absolute Gasteiger partial charge is 0.280 e. The van der Waals surface area contributed by atoms with Crippen LogP contribution in [0.5, 0.6) is 0 Å². The van der Waals surface area contributed by atoms with Crippen molar-refractivity contribution in [2.24, 2.45) is 0 Å². The molecule has 0 aliphatic heterocycles. The molecule has 0 radical (unpaired) electrons. The van der Waals surface area contributed by atoms with Crippen molar-refractivity contribution >= 4 is 0 Å². The number of alkyl halides is 3. The van der Waals surface area contributed by atoms with Crippen LogP contribution in [0.1, 0.15) is 5.56 Å². The Kier molecular flexibility index (Phi) is 3.24. The molecule has 0 aliphatic rings. The van der Waals surface area contributed by atoms with Gasteiger partial charge in [0.1, 0.15) is 0 Å². The minimum Gasteiger partial charge on any atom is -0.280 e. The topological polar surface area (TPSA) is 27.0 Å². The van der Waals surface area contributed by atoms with E-state index in [-0.39, 0.29) is 5.56 Å². The van der Waals surface area contributed by atoms with Gasteiger partial charge in [-0.1, -0.05) is 30.3 Å². The van der Waals surface area contributed by atoms with Crippen molar-refractivity contribution in [2.45, 2.75) is 11.7 Å². The minimum absolute atomic E-state index is 0.0741. The van der Waals surface area contributed by atoms with Crippen molar-refractivity contribution in [1.29, 1.82) is 5.26 Å². The first-order chi connectivity index (χ1) is 7.36. The van der Waals surface area contributed by atoms with Crippen LogP contribution in [0, 0.1) is 11.3 Å². The van der Waals surface area contributed by atoms with E-state index >= 15 is 0 Å². The van der Waals surface area contributed by atoms with Crippen molar-refractivity contribution in [2.75, 3.05) is 14.1 Å². The maximum Gasteiger partial charge on any atom is 0.424 e. The fourth-order valence-electron chi connectivity index (χ4n) is 1.58. The highest BCUT2D eigenvalue weighted by Crippen LogP contribution is 2.41. The SMILES string of the molecule is CN(C)C(C#N)(c1ccccc1)C(F)(F)F. The van der Waals surface area contributed by atoms with Crippen LogP contribution in [0.25, 0.3) is 0 Å². The Morgan fingerprint density at radius 1 is 1.12 bits per heavy atom. The highest BCUT2D eigenvalue weighted by molar-refractivity contribution is 5.33. The molecule has 1 aromatic carbocycles. The summed E-state index contributed by atoms with van der Waals surface area (Å²) in [6, 6.07) is 8.55. The van der Waals surface area contributed by atoms with Gasteiger partial charge in [0.2, 0.25) is 5.54 Å². The molecule has 1 rings (SSSR count). The molecule has 0 spiro atoms. The van der Waals surface area contributed by atoms with E-state index in [4.69, 9.17) is 5.26 Å². The van der Waals surface area contributed by atoms with Gasteiger partial charge in [-0.3, -0.25) is 4.90 Å². The molecule has 86 valence electrons. The molecule has 0 amide bonds. The van der Waals surface area contributed by atoms with Gasteiger partial charge >= 0.3 is 6.18 Å². The monoisotopic (exact) mass is 228 g/mol. The van der Waals surface area contributed by atoms with Crippen LogP contribution in [-0.2, 0) is 5.54 Å². The Bertz CT molecular complexity index is 392. The average Bonchev–Trinajstić information content (AvgIpc) is 2.18. The second-order valence-electron chi connectivity index (χ2n) is 3.58. The average molecular weight is 228 g/mol. The van der Waals surface area contributed by atoms with E-state index in [1.54, 1.807) is 6.07 Å². The summed E-state index contributed by atoms with van der Waals surface area (Å²) >= 11 is 0. The first-order valence-corrected chi connectivity index (χ1v) is 4.57. The van der Waals surface area contributed by atoms with E-state index in [9.17, 15) is 13.2 Å². The summed E-state index contributed by atoms with van der Waals surface area (Å²) in [5.74, 6) is 0. The predicted octanol–water partition coefficient (Wildman–Crippen LogP) is 2.53. The van der Waals surface area contributed by atoms with E-state index in [1.807, 2.05) is 0 Å². The Morgan fingerprint density at radius 2 is 1.62 bits per heavy atom. The van der Waals surface area contributed by atoms with Gasteiger partial charge in [0.25, 0.3) is 0 Å². The Morgan fingerprint density at radius 3 is 1.94 bits per heavy atom. The molecule has 0 N–H and O–H groups in total. The van der Waals surface area contributed by atoms with Crippen LogP contribution in [0.2, 0.25) is 0 Å². The van der Waals surface area contributed by atoms with Gasteiger partial charge < -0.3 is 0 Å². The molecule has 0 aliphatic carbocycles. The number of benzene rings is 1. The molecule has 16 heavy (non-hydrogen) atoms. The molecule has 0 saturated carbocycles. The van der Waals surface area contributed by atoms with Crippen molar-refractivity contribution in [3.63, 3.8) is 0 Å². The largest absolute Gasteiger partial charge is 0.424 e. The lowest BCUT2D eigenvalue weighted by molar-refractivity contribution is -0.208. The number of nitriles is 1. The minimum atomic E-state index is -4.65. The summed E-state index contributed by atoms with van der Waals surface area (Å²) in [4.78, 5) is 0.877. The van der Waals surface area contributed by atoms with Gasteiger partial charge in [0.15, 0.2) is 0 Å². The molecule has 2 nitrogen and oxygen atoms in total. The molecule has 0 aromatic heterocycles. The molecular formula is C11H11F3N2. The third-order valence-electron chi connectivity index (χ3n) is 2.43. The second-order valence-corrected chi connectivity index (χ2v) is 3.58. The van der Waals surface area contributed by atoms with Crippen LogP contribution >= 0.6 is 0 Å². The fraction of sp³-hybridized carbons (Fsp3) is 0.364. The van der Waals surface area contributed by atoms with E-state index < -0.39 is 11.7 Å². The number of halogens is 3. The zero-order valence-corrected chi connectivity index (χ0v) is 8.92. The molecule has 0 heterocycles. The lowest BCUT2D eigenvalue weighted by atomic mass is 9.89. The summed E-state index contributed by atoms with van der Waals surface area (Å²) in [5, 5.41) is 8.92. The zero-order chi connectivity index (χ0) is 12.4. The third kappa shape index (κ3) is 1.76. The molecular weight excluding hydrogens is 217 g/mol. The second kappa shape index (κ2) is 4.14. The Labute approximate surface area is 91.9 Å². The standard InChI is InChI=1S/C11H11F3N2/c1-16(2)10(8-15,11(12,13)14)9-6-4-3-5-7-9/h3-7H,1-2H3. The number of hydrogen-bond donors (Lipinski definition) is 0. The van der Waals surface area contributed by atoms with Gasteiger partial charge in [-0.25, -0.2) is 0 Å². The lowest BCUT2D eigenvalue weighted by Crippen LogP contribution is -2.52. The molecule has 5 heteroatoms. The van der Waals surface area contributed by atoms with Crippen LogP contribution in [0.4, 0.5) is 13.2 Å². The van der Waals surface area contributed by atoms with Gasteiger partial charge in [0.05, 0.1) is 6.07 Å². The fourth-order valence-corrected chi connectivity index (χ4v) is 1.58. The van der Waals surface area contributed by atoms with Gasteiger partial charge in [-0.15, -0.1) is 0 Å². The highest BCUT2D eigenvalue weighted by Gasteiger charge is 2.58. The van der Waals surface area contributed by atoms with Crippen LogP contribution in [0.3, 0.4) is 0 Å². The van der Waals surface area contributed by atoms with Crippen molar-refractivity contribution in [3.05, 3.63) is 35.9 Å². The maximum atomic E-state index is 13.0. The van der Waals surface area contributed by atoms with Crippen LogP contribution in [0.15, 0.2) is 30.3 Å². The van der Waals surface area contributed by atoms with Gasteiger partial charge in [0, 0.05) is 0 Å². The van der Waals surface area contributed by atoms with Crippen molar-refractivity contribution in [1.82, 2.24) is 4.90 Å². The Balaban J connectivity index is 3.44. The first-order valence-electron chi connectivity index (χ1n) is 4.57. The number of hydrogen-bond acceptors (Lipinski definition) is 2. The summed E-state index contributed by atoms with van der Waals surface area (Å²) in [7, 11) is 2.48. The number of rotatable bonds is 2. The molecule has 0 saturated heterocycles. The summed E-state index contributed by atoms with van der Waals surface area (Å²) in [6.45, 7) is 0. The number of nitrogens with zero attached hydrogens (tertiary/aromatic N) is 2. The third-order valence-corrected chi connectivity index (χ3v) is 2.43. The van der Waals surface area contributed by atoms with Crippen LogP contribution < -0.4 is 0 Å². The van der Waals surface area contributed by atoms with Gasteiger partial charge in [-0.2, -0.15) is 18.4 Å². The summed E-state index contributed by atoms with van der Waals surface area (Å²) < 4.78 is 39.1. The van der Waals surface area contributed by atoms with Crippen molar-refractivity contribution < 1.29 is 13.2 Å². The summed E-state index contributed by atoms with van der Waals surface area (Å²) in [6.07, 6.45) is -4.65. The van der Waals surface area contributed by atoms with E-state index in [0.717, 1.165) is 4.90 Å². The first kappa shape index (κ1) is 12.5. The normalized spacial score (nSPS) is 15.6. The van der Waals surface area contributed by atoms with Crippen LogP contribution in [-0.4, -0.2) is 25.2 Å². The van der Waals surface area contributed by atoms with E-state index in [2.05, 4.69) is 0 Å². The zero-order valence-electron chi connectivity index (χ0n) is 8.92. The molecule has 0 fully saturated rings. The lowest BCUT2D eigenvalue weighted by Gasteiger charge is -2.35. The van der Waals surface area contributed by atoms with Crippen molar-refractivity contribution in [3.8, 4) is 6.07 Å². The highest BCUT2D eigenvalue weighted by atomic mass is 19.4. The predicted molar refractivity (Wildman–Crippen MR) is 53.5 cm³/mol. The maximum absolute atomic E-state index is 13.0. The Hall–Kier alpha value is -1.54. The molecule has 1 aromatic rings. The molecule has 1 atom stereocenters. The molecule has 0 bridgehead atoms. The van der Waals surface area contributed by atoms with Gasteiger partial charge in [-0.05, 0) is 19.7 Å². The molecule has 1 unspecified atom stereocenters.